The first kappa shape index (κ1) is 19.4. The molecule has 0 aromatic heterocycles. The molecule has 2 aromatic carbocycles. The maximum atomic E-state index is 13.6. The van der Waals surface area contributed by atoms with Crippen LogP contribution in [0.5, 0.6) is 0 Å². The Morgan fingerprint density at radius 1 is 1.23 bits per heavy atom. The molecule has 1 amide bonds. The SMILES string of the molecule is C=C[C@H]1CC(C#N)(C#N)[C@@H]2N(C(=O)c3ccccc3)c3c(C)cccc3[C@]12[N+](=O)[O-]. The summed E-state index contributed by atoms with van der Waals surface area (Å²) in [4.78, 5) is 27.2. The minimum Gasteiger partial charge on any atom is -0.294 e. The van der Waals surface area contributed by atoms with Gasteiger partial charge in [0.05, 0.1) is 29.3 Å². The second-order valence-electron chi connectivity index (χ2n) is 7.74. The van der Waals surface area contributed by atoms with Crippen molar-refractivity contribution in [3.8, 4) is 12.1 Å². The third-order valence-corrected chi connectivity index (χ3v) is 6.38. The van der Waals surface area contributed by atoms with Crippen molar-refractivity contribution < 1.29 is 9.72 Å². The Balaban J connectivity index is 2.11. The van der Waals surface area contributed by atoms with Crippen LogP contribution in [0, 0.1) is 51.0 Å². The molecule has 0 spiro atoms. The second kappa shape index (κ2) is 6.53. The molecule has 1 fully saturated rings. The van der Waals surface area contributed by atoms with E-state index in [9.17, 15) is 25.4 Å². The minimum atomic E-state index is -1.82. The van der Waals surface area contributed by atoms with E-state index in [1.807, 2.05) is 12.1 Å². The summed E-state index contributed by atoms with van der Waals surface area (Å²) in [6, 6.07) is 16.3. The fourth-order valence-corrected chi connectivity index (χ4v) is 5.16. The molecular formula is C23H18N4O3. The highest BCUT2D eigenvalue weighted by atomic mass is 16.6. The number of benzene rings is 2. The van der Waals surface area contributed by atoms with Crippen molar-refractivity contribution >= 4 is 11.6 Å². The fraction of sp³-hybridized carbons (Fsp3) is 0.261. The summed E-state index contributed by atoms with van der Waals surface area (Å²) in [6.45, 7) is 5.53. The van der Waals surface area contributed by atoms with E-state index < -0.39 is 33.7 Å². The van der Waals surface area contributed by atoms with Crippen LogP contribution in [0.15, 0.2) is 61.2 Å². The summed E-state index contributed by atoms with van der Waals surface area (Å²) < 4.78 is 0. The van der Waals surface area contributed by atoms with Crippen molar-refractivity contribution in [2.45, 2.75) is 24.9 Å². The predicted octanol–water partition coefficient (Wildman–Crippen LogP) is 3.74. The molecule has 30 heavy (non-hydrogen) atoms. The summed E-state index contributed by atoms with van der Waals surface area (Å²) >= 11 is 0. The van der Waals surface area contributed by atoms with Crippen LogP contribution in [0.3, 0.4) is 0 Å². The normalized spacial score (nSPS) is 25.5. The molecule has 0 radical (unpaired) electrons. The highest BCUT2D eigenvalue weighted by Gasteiger charge is 2.78. The Kier molecular flexibility index (Phi) is 4.22. The van der Waals surface area contributed by atoms with Crippen molar-refractivity contribution in [2.75, 3.05) is 4.90 Å². The molecule has 2 aliphatic rings. The Morgan fingerprint density at radius 3 is 2.47 bits per heavy atom. The number of carbonyl (C=O) groups is 1. The van der Waals surface area contributed by atoms with E-state index in [0.717, 1.165) is 0 Å². The lowest BCUT2D eigenvalue weighted by Crippen LogP contribution is -2.55. The Hall–Kier alpha value is -3.97. The van der Waals surface area contributed by atoms with Crippen molar-refractivity contribution in [1.29, 1.82) is 10.5 Å². The quantitative estimate of drug-likeness (QED) is 0.444. The number of anilines is 1. The molecule has 3 atom stereocenters. The molecule has 1 saturated carbocycles. The molecule has 0 saturated heterocycles. The van der Waals surface area contributed by atoms with Gasteiger partial charge in [-0.2, -0.15) is 10.5 Å². The largest absolute Gasteiger partial charge is 0.294 e. The lowest BCUT2D eigenvalue weighted by Gasteiger charge is -2.32. The molecule has 7 nitrogen and oxygen atoms in total. The van der Waals surface area contributed by atoms with E-state index in [1.165, 1.54) is 11.0 Å². The van der Waals surface area contributed by atoms with E-state index in [4.69, 9.17) is 0 Å². The van der Waals surface area contributed by atoms with Crippen molar-refractivity contribution in [1.82, 2.24) is 0 Å². The standard InChI is InChI=1S/C23H18N4O3/c1-3-17-12-22(13-24,14-25)21-23(17,27(29)30)18-11-7-8-15(2)19(18)26(21)20(28)16-9-5-4-6-10-16/h3-11,17,21H,1,12H2,2H3/t17-,21-,23+/m0/s1. The molecule has 0 N–H and O–H groups in total. The van der Waals surface area contributed by atoms with Crippen LogP contribution in [0.4, 0.5) is 5.69 Å². The number of aryl methyl sites for hydroxylation is 1. The zero-order valence-corrected chi connectivity index (χ0v) is 16.3. The summed E-state index contributed by atoms with van der Waals surface area (Å²) in [5, 5.41) is 32.7. The lowest BCUT2D eigenvalue weighted by atomic mass is 9.77. The minimum absolute atomic E-state index is 0.0684. The van der Waals surface area contributed by atoms with Crippen LogP contribution in [-0.4, -0.2) is 16.9 Å². The van der Waals surface area contributed by atoms with Gasteiger partial charge in [0.25, 0.3) is 11.4 Å². The zero-order valence-electron chi connectivity index (χ0n) is 16.3. The number of nitriles is 2. The van der Waals surface area contributed by atoms with Gasteiger partial charge in [0.2, 0.25) is 0 Å². The third-order valence-electron chi connectivity index (χ3n) is 6.38. The van der Waals surface area contributed by atoms with E-state index in [-0.39, 0.29) is 6.42 Å². The van der Waals surface area contributed by atoms with Crippen molar-refractivity contribution in [3.63, 3.8) is 0 Å². The number of fused-ring (bicyclic) bond motifs is 3. The number of carbonyl (C=O) groups excluding carboxylic acids is 1. The van der Waals surface area contributed by atoms with Gasteiger partial charge in [0, 0.05) is 10.5 Å². The van der Waals surface area contributed by atoms with Gasteiger partial charge < -0.3 is 0 Å². The number of amides is 1. The van der Waals surface area contributed by atoms with Gasteiger partial charge in [-0.3, -0.25) is 19.8 Å². The number of nitrogens with zero attached hydrogens (tertiary/aromatic N) is 4. The molecule has 7 heteroatoms. The van der Waals surface area contributed by atoms with Crippen LogP contribution >= 0.6 is 0 Å². The Morgan fingerprint density at radius 2 is 1.90 bits per heavy atom. The molecule has 1 aliphatic heterocycles. The van der Waals surface area contributed by atoms with Gasteiger partial charge in [0.15, 0.2) is 5.41 Å². The van der Waals surface area contributed by atoms with E-state index in [0.29, 0.717) is 22.4 Å². The first-order valence-electron chi connectivity index (χ1n) is 9.47. The topological polar surface area (TPSA) is 111 Å². The van der Waals surface area contributed by atoms with Crippen molar-refractivity contribution in [3.05, 3.63) is 88.0 Å². The molecule has 0 unspecified atom stereocenters. The first-order chi connectivity index (χ1) is 14.4. The predicted molar refractivity (Wildman–Crippen MR) is 109 cm³/mol. The van der Waals surface area contributed by atoms with E-state index in [2.05, 4.69) is 6.58 Å². The zero-order chi connectivity index (χ0) is 21.7. The van der Waals surface area contributed by atoms with Crippen LogP contribution < -0.4 is 4.90 Å². The highest BCUT2D eigenvalue weighted by Crippen LogP contribution is 2.63. The molecule has 148 valence electrons. The lowest BCUT2D eigenvalue weighted by molar-refractivity contribution is -0.585. The fourth-order valence-electron chi connectivity index (χ4n) is 5.16. The van der Waals surface area contributed by atoms with Gasteiger partial charge in [-0.15, -0.1) is 6.58 Å². The molecule has 1 aliphatic carbocycles. The third kappa shape index (κ3) is 2.15. The first-order valence-corrected chi connectivity index (χ1v) is 9.47. The van der Waals surface area contributed by atoms with Crippen LogP contribution in [0.1, 0.15) is 27.9 Å². The van der Waals surface area contributed by atoms with Crippen molar-refractivity contribution in [2.24, 2.45) is 11.3 Å². The van der Waals surface area contributed by atoms with E-state index in [1.54, 1.807) is 55.5 Å². The number of rotatable bonds is 3. The second-order valence-corrected chi connectivity index (χ2v) is 7.74. The monoisotopic (exact) mass is 398 g/mol. The van der Waals surface area contributed by atoms with Crippen LogP contribution in [0.2, 0.25) is 0 Å². The van der Waals surface area contributed by atoms with Gasteiger partial charge >= 0.3 is 0 Å². The number of nitro groups is 1. The summed E-state index contributed by atoms with van der Waals surface area (Å²) in [5.74, 6) is -1.26. The number of para-hydroxylation sites is 1. The Bertz CT molecular complexity index is 1150. The molecular weight excluding hydrogens is 380 g/mol. The average molecular weight is 398 g/mol. The number of hydrogen-bond acceptors (Lipinski definition) is 5. The van der Waals surface area contributed by atoms with Crippen LogP contribution in [-0.2, 0) is 5.54 Å². The molecule has 1 heterocycles. The van der Waals surface area contributed by atoms with E-state index >= 15 is 0 Å². The Labute approximate surface area is 173 Å². The highest BCUT2D eigenvalue weighted by molar-refractivity contribution is 6.09. The molecule has 0 bridgehead atoms. The smallest absolute Gasteiger partial charge is 0.278 e. The maximum Gasteiger partial charge on any atom is 0.278 e. The maximum absolute atomic E-state index is 13.6. The van der Waals surface area contributed by atoms with Gasteiger partial charge in [-0.05, 0) is 37.1 Å². The van der Waals surface area contributed by atoms with Gasteiger partial charge in [-0.25, -0.2) is 0 Å². The summed E-state index contributed by atoms with van der Waals surface area (Å²) in [5.41, 5.74) is -1.83. The molecule has 2 aromatic rings. The number of hydrogen-bond donors (Lipinski definition) is 0. The summed E-state index contributed by atoms with van der Waals surface area (Å²) in [7, 11) is 0. The van der Waals surface area contributed by atoms with Crippen LogP contribution in [0.25, 0.3) is 0 Å². The summed E-state index contributed by atoms with van der Waals surface area (Å²) in [6.07, 6.45) is 1.37. The average Bonchev–Trinajstić information content (AvgIpc) is 3.25. The van der Waals surface area contributed by atoms with Gasteiger partial charge in [-0.1, -0.05) is 36.4 Å². The van der Waals surface area contributed by atoms with Gasteiger partial charge in [0.1, 0.15) is 6.04 Å². The molecule has 4 rings (SSSR count).